The van der Waals surface area contributed by atoms with Gasteiger partial charge >= 0.3 is 0 Å². The molecule has 1 rings (SSSR count). The molecule has 106 valence electrons. The smallest absolute Gasteiger partial charge is 0.221 e. The molecular formula is C16H26N2O. The van der Waals surface area contributed by atoms with E-state index in [1.54, 1.807) is 0 Å². The van der Waals surface area contributed by atoms with E-state index in [1.165, 1.54) is 25.3 Å². The molecule has 19 heavy (non-hydrogen) atoms. The Hall–Kier alpha value is -1.35. The van der Waals surface area contributed by atoms with Crippen LogP contribution in [0.25, 0.3) is 0 Å². The van der Waals surface area contributed by atoms with Gasteiger partial charge in [-0.15, -0.1) is 0 Å². The molecule has 1 amide bonds. The molecule has 0 aliphatic carbocycles. The monoisotopic (exact) mass is 262 g/mol. The highest BCUT2D eigenvalue weighted by Crippen LogP contribution is 2.14. The van der Waals surface area contributed by atoms with Crippen molar-refractivity contribution in [2.75, 3.05) is 5.32 Å². The van der Waals surface area contributed by atoms with Gasteiger partial charge in [-0.25, -0.2) is 0 Å². The highest BCUT2D eigenvalue weighted by Gasteiger charge is 2.12. The average Bonchev–Trinajstić information content (AvgIpc) is 2.38. The molecule has 0 aliphatic heterocycles. The Bertz CT molecular complexity index is 382. The van der Waals surface area contributed by atoms with Crippen molar-refractivity contribution in [3.05, 3.63) is 29.8 Å². The van der Waals surface area contributed by atoms with Crippen LogP contribution in [-0.4, -0.2) is 11.9 Å². The number of rotatable bonds is 7. The minimum atomic E-state index is -0.0340. The van der Waals surface area contributed by atoms with Crippen LogP contribution in [0.3, 0.4) is 0 Å². The predicted molar refractivity (Wildman–Crippen MR) is 81.1 cm³/mol. The molecule has 1 aromatic carbocycles. The molecule has 1 unspecified atom stereocenters. The maximum Gasteiger partial charge on any atom is 0.221 e. The first-order chi connectivity index (χ1) is 9.06. The zero-order valence-corrected chi connectivity index (χ0v) is 12.5. The zero-order valence-electron chi connectivity index (χ0n) is 12.5. The number of hydrogen-bond acceptors (Lipinski definition) is 2. The lowest BCUT2D eigenvalue weighted by molar-refractivity contribution is -0.114. The van der Waals surface area contributed by atoms with Gasteiger partial charge in [0.15, 0.2) is 0 Å². The van der Waals surface area contributed by atoms with Gasteiger partial charge in [0.1, 0.15) is 0 Å². The summed E-state index contributed by atoms with van der Waals surface area (Å²) in [5.41, 5.74) is 2.09. The highest BCUT2D eigenvalue weighted by molar-refractivity contribution is 5.88. The quantitative estimate of drug-likeness (QED) is 0.789. The van der Waals surface area contributed by atoms with Crippen LogP contribution in [0.2, 0.25) is 0 Å². The van der Waals surface area contributed by atoms with E-state index >= 15 is 0 Å². The van der Waals surface area contributed by atoms with Gasteiger partial charge in [0.05, 0.1) is 0 Å². The third-order valence-corrected chi connectivity index (χ3v) is 3.66. The van der Waals surface area contributed by atoms with Crippen LogP contribution in [0, 0.1) is 5.92 Å². The van der Waals surface area contributed by atoms with Crippen LogP contribution in [0.1, 0.15) is 46.1 Å². The van der Waals surface area contributed by atoms with Crippen molar-refractivity contribution < 1.29 is 4.79 Å². The molecule has 3 heteroatoms. The zero-order chi connectivity index (χ0) is 14.3. The lowest BCUT2D eigenvalue weighted by Crippen LogP contribution is -2.32. The fourth-order valence-electron chi connectivity index (χ4n) is 2.35. The maximum atomic E-state index is 10.9. The molecule has 0 saturated carbocycles. The highest BCUT2D eigenvalue weighted by atomic mass is 16.1. The molecular weight excluding hydrogens is 236 g/mol. The number of benzene rings is 1. The summed E-state index contributed by atoms with van der Waals surface area (Å²) in [7, 11) is 0. The van der Waals surface area contributed by atoms with Crippen LogP contribution >= 0.6 is 0 Å². The third kappa shape index (κ3) is 5.43. The SMILES string of the molecule is CCC(CC)C(C)NCc1ccc(NC(C)=O)cc1. The Kier molecular flexibility index (Phi) is 6.57. The minimum absolute atomic E-state index is 0.0340. The molecule has 0 aliphatic rings. The number of amides is 1. The first-order valence-corrected chi connectivity index (χ1v) is 7.16. The second-order valence-corrected chi connectivity index (χ2v) is 5.12. The summed E-state index contributed by atoms with van der Waals surface area (Å²) in [5, 5.41) is 6.35. The van der Waals surface area contributed by atoms with Gasteiger partial charge in [-0.3, -0.25) is 4.79 Å². The van der Waals surface area contributed by atoms with Crippen molar-refractivity contribution in [1.82, 2.24) is 5.32 Å². The average molecular weight is 262 g/mol. The molecule has 0 heterocycles. The van der Waals surface area contributed by atoms with E-state index in [1.807, 2.05) is 12.1 Å². The lowest BCUT2D eigenvalue weighted by Gasteiger charge is -2.22. The molecule has 0 bridgehead atoms. The molecule has 0 aromatic heterocycles. The summed E-state index contributed by atoms with van der Waals surface area (Å²) in [6.45, 7) is 9.14. The number of anilines is 1. The molecule has 0 fully saturated rings. The first kappa shape index (κ1) is 15.7. The van der Waals surface area contributed by atoms with Crippen molar-refractivity contribution in [3.8, 4) is 0 Å². The minimum Gasteiger partial charge on any atom is -0.326 e. The van der Waals surface area contributed by atoms with Crippen molar-refractivity contribution in [2.45, 2.75) is 53.1 Å². The Morgan fingerprint density at radius 1 is 1.16 bits per heavy atom. The molecule has 0 radical (unpaired) electrons. The van der Waals surface area contributed by atoms with Gasteiger partial charge in [0.25, 0.3) is 0 Å². The summed E-state index contributed by atoms with van der Waals surface area (Å²) in [6.07, 6.45) is 2.43. The summed E-state index contributed by atoms with van der Waals surface area (Å²) >= 11 is 0. The van der Waals surface area contributed by atoms with E-state index in [9.17, 15) is 4.79 Å². The second-order valence-electron chi connectivity index (χ2n) is 5.12. The Balaban J connectivity index is 2.47. The largest absolute Gasteiger partial charge is 0.326 e. The Morgan fingerprint density at radius 3 is 2.21 bits per heavy atom. The molecule has 0 saturated heterocycles. The summed E-state index contributed by atoms with van der Waals surface area (Å²) < 4.78 is 0. The van der Waals surface area contributed by atoms with E-state index in [0.717, 1.165) is 18.2 Å². The topological polar surface area (TPSA) is 41.1 Å². The first-order valence-electron chi connectivity index (χ1n) is 7.16. The van der Waals surface area contributed by atoms with Crippen molar-refractivity contribution in [2.24, 2.45) is 5.92 Å². The van der Waals surface area contributed by atoms with Gasteiger partial charge in [-0.1, -0.05) is 38.8 Å². The summed E-state index contributed by atoms with van der Waals surface area (Å²) in [5.74, 6) is 0.701. The number of carbonyl (C=O) groups is 1. The standard InChI is InChI=1S/C16H26N2O/c1-5-15(6-2)12(3)17-11-14-7-9-16(10-8-14)18-13(4)19/h7-10,12,15,17H,5-6,11H2,1-4H3,(H,18,19). The summed E-state index contributed by atoms with van der Waals surface area (Å²) in [6, 6.07) is 8.53. The van der Waals surface area contributed by atoms with E-state index in [2.05, 4.69) is 43.5 Å². The van der Waals surface area contributed by atoms with Gasteiger partial charge in [0.2, 0.25) is 5.91 Å². The molecule has 0 spiro atoms. The molecule has 2 N–H and O–H groups in total. The van der Waals surface area contributed by atoms with Crippen LogP contribution in [0.15, 0.2) is 24.3 Å². The number of hydrogen-bond donors (Lipinski definition) is 2. The van der Waals surface area contributed by atoms with Crippen LogP contribution in [0.5, 0.6) is 0 Å². The van der Waals surface area contributed by atoms with Gasteiger partial charge in [0, 0.05) is 25.2 Å². The van der Waals surface area contributed by atoms with Gasteiger partial charge in [-0.05, 0) is 30.5 Å². The maximum absolute atomic E-state index is 10.9. The summed E-state index contributed by atoms with van der Waals surface area (Å²) in [4.78, 5) is 10.9. The van der Waals surface area contributed by atoms with Gasteiger partial charge < -0.3 is 10.6 Å². The number of carbonyl (C=O) groups excluding carboxylic acids is 1. The molecule has 1 aromatic rings. The third-order valence-electron chi connectivity index (χ3n) is 3.66. The van der Waals surface area contributed by atoms with E-state index in [4.69, 9.17) is 0 Å². The van der Waals surface area contributed by atoms with E-state index in [0.29, 0.717) is 6.04 Å². The second kappa shape index (κ2) is 7.95. The van der Waals surface area contributed by atoms with Crippen LogP contribution in [0.4, 0.5) is 5.69 Å². The van der Waals surface area contributed by atoms with Crippen LogP contribution in [-0.2, 0) is 11.3 Å². The van der Waals surface area contributed by atoms with Crippen LogP contribution < -0.4 is 10.6 Å². The van der Waals surface area contributed by atoms with E-state index < -0.39 is 0 Å². The van der Waals surface area contributed by atoms with E-state index in [-0.39, 0.29) is 5.91 Å². The Morgan fingerprint density at radius 2 is 1.74 bits per heavy atom. The van der Waals surface area contributed by atoms with Crippen molar-refractivity contribution in [3.63, 3.8) is 0 Å². The van der Waals surface area contributed by atoms with Crippen molar-refractivity contribution >= 4 is 11.6 Å². The molecule has 3 nitrogen and oxygen atoms in total. The molecule has 1 atom stereocenters. The fraction of sp³-hybridized carbons (Fsp3) is 0.562. The number of nitrogens with one attached hydrogen (secondary N) is 2. The Labute approximate surface area is 116 Å². The van der Waals surface area contributed by atoms with Crippen molar-refractivity contribution in [1.29, 1.82) is 0 Å². The lowest BCUT2D eigenvalue weighted by atomic mass is 9.95. The normalized spacial score (nSPS) is 12.5. The van der Waals surface area contributed by atoms with Gasteiger partial charge in [-0.2, -0.15) is 0 Å². The predicted octanol–water partition coefficient (Wildman–Crippen LogP) is 3.56. The fourth-order valence-corrected chi connectivity index (χ4v) is 2.35.